The monoisotopic (exact) mass is 678 g/mol. The summed E-state index contributed by atoms with van der Waals surface area (Å²) in [6.45, 7) is 5.14. The fraction of sp³-hybridized carbons (Fsp3) is 0.472. The number of aliphatic hydroxyl groups is 1. The lowest BCUT2D eigenvalue weighted by Gasteiger charge is -2.48. The molecule has 1 aromatic heterocycles. The van der Waals surface area contributed by atoms with Crippen molar-refractivity contribution in [1.82, 2.24) is 14.7 Å². The molecule has 9 nitrogen and oxygen atoms in total. The van der Waals surface area contributed by atoms with Gasteiger partial charge in [0.25, 0.3) is 5.91 Å². The Morgan fingerprint density at radius 2 is 1.96 bits per heavy atom. The molecule has 2 N–H and O–H groups in total. The minimum absolute atomic E-state index is 0.0430. The number of fused-ring (bicyclic) bond motifs is 3. The topological polar surface area (TPSA) is 122 Å². The highest BCUT2D eigenvalue weighted by Crippen LogP contribution is 2.46. The van der Waals surface area contributed by atoms with E-state index in [-0.39, 0.29) is 23.3 Å². The molecule has 1 fully saturated rings. The van der Waals surface area contributed by atoms with Gasteiger partial charge >= 0.3 is 0 Å². The van der Waals surface area contributed by atoms with E-state index >= 15 is 0 Å². The van der Waals surface area contributed by atoms with Crippen LogP contribution in [0.4, 0.5) is 5.69 Å². The van der Waals surface area contributed by atoms with E-state index in [0.717, 1.165) is 54.6 Å². The lowest BCUT2D eigenvalue weighted by atomic mass is 9.63. The van der Waals surface area contributed by atoms with Crippen LogP contribution in [0, 0.1) is 17.8 Å². The summed E-state index contributed by atoms with van der Waals surface area (Å²) >= 11 is 6.35. The first kappa shape index (κ1) is 33.4. The molecule has 0 unspecified atom stereocenters. The number of anilines is 1. The maximum Gasteiger partial charge on any atom is 0.264 e. The maximum atomic E-state index is 13.5. The molecule has 0 saturated heterocycles. The Morgan fingerprint density at radius 1 is 1.11 bits per heavy atom. The fourth-order valence-corrected chi connectivity index (χ4v) is 8.58. The van der Waals surface area contributed by atoms with Crippen LogP contribution >= 0.6 is 11.6 Å². The van der Waals surface area contributed by atoms with E-state index in [4.69, 9.17) is 16.3 Å². The number of carbonyl (C=O) groups excluding carboxylic acids is 1. The first-order chi connectivity index (χ1) is 22.5. The van der Waals surface area contributed by atoms with Gasteiger partial charge < -0.3 is 14.7 Å². The Balaban J connectivity index is 1.41. The Hall–Kier alpha value is -3.47. The number of halogens is 1. The SMILES string of the molecule is C[C@@H]1[C@@H](C)C/C=C/[C@@](O)(Cc2ccncn2)[C@@H]2CC[C@H]2CN2CCCCc3cc(Cl)ccc3COc3ccc(cc32)C(=O)NS1(=O)=O. The molecule has 2 aromatic carbocycles. The van der Waals surface area contributed by atoms with Gasteiger partial charge in [-0.25, -0.2) is 23.1 Å². The number of aromatic nitrogens is 2. The van der Waals surface area contributed by atoms with Crippen molar-refractivity contribution in [3.63, 3.8) is 0 Å². The molecule has 2 bridgehead atoms. The Kier molecular flexibility index (Phi) is 9.92. The Bertz CT molecular complexity index is 1740. The first-order valence-electron chi connectivity index (χ1n) is 16.5. The largest absolute Gasteiger partial charge is 0.487 e. The number of benzene rings is 2. The zero-order valence-corrected chi connectivity index (χ0v) is 28.5. The minimum atomic E-state index is -3.99. The standard InChI is InChI=1S/C36H43ClN4O5S/c1-24-6-5-15-36(43,20-31-14-16-38-23-39-31)32-12-9-28(32)21-41-17-4-3-7-26-18-30(37)11-8-29(26)22-46-34-13-10-27(19-33(34)41)35(42)40-47(44,45)25(24)2/h5,8,10-11,13-16,18-19,23-25,28,32,43H,3-4,6-7,9,12,17,20-22H2,1-2H3,(H,40,42)/b15-5+/t24-,25+,28-,32+,36+/m0/s1. The summed E-state index contributed by atoms with van der Waals surface area (Å²) < 4.78 is 35.5. The highest BCUT2D eigenvalue weighted by Gasteiger charge is 2.46. The van der Waals surface area contributed by atoms with E-state index in [1.165, 1.54) is 6.33 Å². The summed E-state index contributed by atoms with van der Waals surface area (Å²) in [5.74, 6) is -0.230. The third kappa shape index (κ3) is 7.50. The van der Waals surface area contributed by atoms with E-state index in [0.29, 0.717) is 43.3 Å². The maximum absolute atomic E-state index is 13.5. The highest BCUT2D eigenvalue weighted by atomic mass is 35.5. The number of nitrogens with zero attached hydrogens (tertiary/aromatic N) is 3. The number of hydrogen-bond acceptors (Lipinski definition) is 8. The molecule has 0 spiro atoms. The number of amides is 1. The Morgan fingerprint density at radius 3 is 2.72 bits per heavy atom. The first-order valence-corrected chi connectivity index (χ1v) is 18.4. The van der Waals surface area contributed by atoms with Crippen LogP contribution in [0.1, 0.15) is 73.1 Å². The van der Waals surface area contributed by atoms with Crippen LogP contribution in [0.2, 0.25) is 5.02 Å². The molecule has 250 valence electrons. The van der Waals surface area contributed by atoms with Crippen molar-refractivity contribution in [3.05, 3.63) is 94.5 Å². The van der Waals surface area contributed by atoms with Gasteiger partial charge in [0.05, 0.1) is 16.5 Å². The fourth-order valence-electron chi connectivity index (χ4n) is 7.10. The van der Waals surface area contributed by atoms with E-state index in [1.54, 1.807) is 31.3 Å². The lowest BCUT2D eigenvalue weighted by molar-refractivity contribution is -0.0451. The number of rotatable bonds is 2. The molecule has 1 saturated carbocycles. The number of allylic oxidation sites excluding steroid dienone is 1. The van der Waals surface area contributed by atoms with Crippen LogP contribution in [0.15, 0.2) is 67.1 Å². The van der Waals surface area contributed by atoms with Crippen molar-refractivity contribution < 1.29 is 23.1 Å². The second kappa shape index (κ2) is 13.9. The molecule has 6 rings (SSSR count). The van der Waals surface area contributed by atoms with Gasteiger partial charge in [0, 0.05) is 42.0 Å². The zero-order valence-electron chi connectivity index (χ0n) is 26.9. The van der Waals surface area contributed by atoms with Crippen LogP contribution in [0.25, 0.3) is 0 Å². The van der Waals surface area contributed by atoms with Crippen molar-refractivity contribution >= 4 is 33.2 Å². The number of hydrogen-bond donors (Lipinski definition) is 2. The third-order valence-corrected chi connectivity index (χ3v) is 12.4. The molecular formula is C36H43ClN4O5S. The van der Waals surface area contributed by atoms with Gasteiger partial charge in [-0.1, -0.05) is 36.7 Å². The molecule has 11 heteroatoms. The van der Waals surface area contributed by atoms with Crippen molar-refractivity contribution in [2.45, 2.75) is 76.3 Å². The van der Waals surface area contributed by atoms with Crippen molar-refractivity contribution in [1.29, 1.82) is 0 Å². The van der Waals surface area contributed by atoms with Gasteiger partial charge in [0.1, 0.15) is 18.7 Å². The van der Waals surface area contributed by atoms with E-state index in [1.807, 2.05) is 43.3 Å². The molecule has 2 aliphatic heterocycles. The average Bonchev–Trinajstić information content (AvgIpc) is 3.05. The van der Waals surface area contributed by atoms with Crippen LogP contribution in [-0.4, -0.2) is 53.3 Å². The average molecular weight is 679 g/mol. The van der Waals surface area contributed by atoms with Crippen molar-refractivity contribution in [2.75, 3.05) is 18.0 Å². The number of carbonyl (C=O) groups is 1. The summed E-state index contributed by atoms with van der Waals surface area (Å²) in [5, 5.41) is 12.2. The zero-order chi connectivity index (χ0) is 33.2. The minimum Gasteiger partial charge on any atom is -0.487 e. The third-order valence-electron chi connectivity index (χ3n) is 10.3. The van der Waals surface area contributed by atoms with Gasteiger partial charge in [-0.05, 0) is 111 Å². The van der Waals surface area contributed by atoms with Gasteiger partial charge in [0.15, 0.2) is 0 Å². The van der Waals surface area contributed by atoms with E-state index < -0.39 is 26.8 Å². The molecule has 1 aliphatic carbocycles. The molecule has 0 radical (unpaired) electrons. The number of sulfonamides is 1. The van der Waals surface area contributed by atoms with Crippen LogP contribution < -0.4 is 14.4 Å². The van der Waals surface area contributed by atoms with Crippen LogP contribution in [0.3, 0.4) is 0 Å². The van der Waals surface area contributed by atoms with Crippen LogP contribution in [0.5, 0.6) is 5.75 Å². The number of aryl methyl sites for hydroxylation is 1. The molecule has 3 heterocycles. The predicted molar refractivity (Wildman–Crippen MR) is 183 cm³/mol. The predicted octanol–water partition coefficient (Wildman–Crippen LogP) is 5.90. The van der Waals surface area contributed by atoms with Crippen LogP contribution in [-0.2, 0) is 29.5 Å². The summed E-state index contributed by atoms with van der Waals surface area (Å²) in [6, 6.07) is 12.8. The quantitative estimate of drug-likeness (QED) is 0.322. The van der Waals surface area contributed by atoms with Crippen molar-refractivity contribution in [2.24, 2.45) is 17.8 Å². The van der Waals surface area contributed by atoms with E-state index in [9.17, 15) is 18.3 Å². The van der Waals surface area contributed by atoms with Crippen molar-refractivity contribution in [3.8, 4) is 5.75 Å². The summed E-state index contributed by atoms with van der Waals surface area (Å²) in [5.41, 5.74) is 2.77. The highest BCUT2D eigenvalue weighted by molar-refractivity contribution is 7.90. The van der Waals surface area contributed by atoms with Gasteiger partial charge in [-0.2, -0.15) is 0 Å². The number of nitrogens with one attached hydrogen (secondary N) is 1. The summed E-state index contributed by atoms with van der Waals surface area (Å²) in [7, 11) is -3.99. The van der Waals surface area contributed by atoms with Gasteiger partial charge in [-0.3, -0.25) is 4.79 Å². The van der Waals surface area contributed by atoms with Gasteiger partial charge in [-0.15, -0.1) is 0 Å². The molecule has 3 aromatic rings. The van der Waals surface area contributed by atoms with E-state index in [2.05, 4.69) is 19.6 Å². The summed E-state index contributed by atoms with van der Waals surface area (Å²) in [4.78, 5) is 24.2. The molecule has 5 atom stereocenters. The normalized spacial score (nSPS) is 28.7. The summed E-state index contributed by atoms with van der Waals surface area (Å²) in [6.07, 6.45) is 12.2. The second-order valence-electron chi connectivity index (χ2n) is 13.4. The number of ether oxygens (including phenoxy) is 1. The molecular weight excluding hydrogens is 636 g/mol. The second-order valence-corrected chi connectivity index (χ2v) is 15.9. The smallest absolute Gasteiger partial charge is 0.264 e. The molecule has 1 amide bonds. The molecule has 3 aliphatic rings. The van der Waals surface area contributed by atoms with Gasteiger partial charge in [0.2, 0.25) is 10.0 Å². The molecule has 47 heavy (non-hydrogen) atoms. The Labute approximate surface area is 282 Å². The lowest BCUT2D eigenvalue weighted by Crippen LogP contribution is -2.51.